The van der Waals surface area contributed by atoms with Gasteiger partial charge in [0.2, 0.25) is 0 Å². The number of anilines is 1. The molecular weight excluding hydrogens is 460 g/mol. The molecule has 0 saturated heterocycles. The molecule has 2 amide bonds. The molecule has 3 aromatic carbocycles. The Morgan fingerprint density at radius 2 is 1.43 bits per heavy atom. The maximum atomic E-state index is 12.6. The number of imide groups is 1. The van der Waals surface area contributed by atoms with Crippen LogP contribution >= 0.6 is 0 Å². The molecule has 0 atom stereocenters. The monoisotopic (exact) mass is 493 g/mol. The highest BCUT2D eigenvalue weighted by Gasteiger charge is 2.32. The molecule has 0 radical (unpaired) electrons. The lowest BCUT2D eigenvalue weighted by atomic mass is 9.93. The van der Waals surface area contributed by atoms with Gasteiger partial charge < -0.3 is 10.6 Å². The van der Waals surface area contributed by atoms with Crippen molar-refractivity contribution in [3.05, 3.63) is 107 Å². The zero-order valence-corrected chi connectivity index (χ0v) is 21.8. The summed E-state index contributed by atoms with van der Waals surface area (Å²) < 4.78 is 2.03. The lowest BCUT2D eigenvalue weighted by Gasteiger charge is -2.28. The van der Waals surface area contributed by atoms with Gasteiger partial charge in [0.1, 0.15) is 7.05 Å². The van der Waals surface area contributed by atoms with Crippen molar-refractivity contribution in [3.8, 4) is 0 Å². The van der Waals surface area contributed by atoms with Gasteiger partial charge in [0, 0.05) is 52.8 Å². The number of pyridine rings is 1. The Morgan fingerprint density at radius 3 is 2.05 bits per heavy atom. The Hall–Kier alpha value is -4.29. The quantitative estimate of drug-likeness (QED) is 0.251. The first-order valence-electron chi connectivity index (χ1n) is 12.3. The fourth-order valence-electron chi connectivity index (χ4n) is 4.17. The Balaban J connectivity index is 0.000000180. The summed E-state index contributed by atoms with van der Waals surface area (Å²) in [6.45, 7) is 3.12. The maximum absolute atomic E-state index is 12.6. The van der Waals surface area contributed by atoms with E-state index in [9.17, 15) is 9.59 Å². The van der Waals surface area contributed by atoms with Crippen LogP contribution in [0, 0.1) is 6.92 Å². The molecule has 6 nitrogen and oxygen atoms in total. The zero-order chi connectivity index (χ0) is 26.5. The standard InChI is InChI=1S/C16H17N3O2.C15H16N/c1-18(2)8-9-19-15(20)11-5-3-4-10-13(17)7-6-12(14(10)11)16(19)21;1-13-3-5-14(6-4-13)7-8-15-9-11-16(2)12-10-15/h3-7H,8-9,17H2,1-2H3;3-12H,1-2H3/q;+1/b;8-7+. The largest absolute Gasteiger partial charge is 0.398 e. The van der Waals surface area contributed by atoms with Gasteiger partial charge in [-0.05, 0) is 50.3 Å². The second-order valence-corrected chi connectivity index (χ2v) is 9.54. The molecule has 2 N–H and O–H groups in total. The lowest BCUT2D eigenvalue weighted by Crippen LogP contribution is -2.43. The van der Waals surface area contributed by atoms with E-state index in [1.165, 1.54) is 21.6 Å². The van der Waals surface area contributed by atoms with Crippen LogP contribution in [0.4, 0.5) is 5.69 Å². The molecule has 0 unspecified atom stereocenters. The molecule has 2 heterocycles. The molecule has 0 bridgehead atoms. The van der Waals surface area contributed by atoms with Gasteiger partial charge in [-0.3, -0.25) is 14.5 Å². The number of nitrogens with zero attached hydrogens (tertiary/aromatic N) is 3. The Labute approximate surface area is 218 Å². The number of hydrogen-bond donors (Lipinski definition) is 1. The Kier molecular flexibility index (Phi) is 7.80. The number of benzene rings is 3. The molecule has 0 fully saturated rings. The van der Waals surface area contributed by atoms with Gasteiger partial charge in [-0.15, -0.1) is 0 Å². The third-order valence-electron chi connectivity index (χ3n) is 6.35. The van der Waals surface area contributed by atoms with Crippen molar-refractivity contribution in [2.45, 2.75) is 6.92 Å². The first kappa shape index (κ1) is 25.8. The van der Waals surface area contributed by atoms with Crippen LogP contribution in [0.5, 0.6) is 0 Å². The minimum atomic E-state index is -0.245. The van der Waals surface area contributed by atoms with Crippen molar-refractivity contribution in [2.24, 2.45) is 7.05 Å². The molecule has 0 aliphatic carbocycles. The normalized spacial score (nSPS) is 12.8. The molecular formula is C31H33N4O2+. The first-order valence-corrected chi connectivity index (χ1v) is 12.3. The summed E-state index contributed by atoms with van der Waals surface area (Å²) in [5, 5.41) is 1.44. The number of nitrogen functional groups attached to an aromatic ring is 1. The van der Waals surface area contributed by atoms with E-state index in [2.05, 4.69) is 67.9 Å². The van der Waals surface area contributed by atoms with Crippen molar-refractivity contribution in [1.82, 2.24) is 9.80 Å². The van der Waals surface area contributed by atoms with E-state index in [0.717, 1.165) is 5.39 Å². The van der Waals surface area contributed by atoms with E-state index in [4.69, 9.17) is 5.73 Å². The number of amides is 2. The van der Waals surface area contributed by atoms with E-state index in [1.54, 1.807) is 24.3 Å². The molecule has 0 saturated carbocycles. The SMILES string of the molecule is CN(C)CCN1C(=O)c2cccc3c(N)ccc(c23)C1=O.Cc1ccc(/C=C/c2cc[n+](C)cc2)cc1. The van der Waals surface area contributed by atoms with E-state index < -0.39 is 0 Å². The van der Waals surface area contributed by atoms with E-state index >= 15 is 0 Å². The second kappa shape index (κ2) is 11.2. The van der Waals surface area contributed by atoms with Crippen LogP contribution in [0.15, 0.2) is 79.1 Å². The zero-order valence-electron chi connectivity index (χ0n) is 21.8. The molecule has 1 aliphatic heterocycles. The number of hydrogen-bond acceptors (Lipinski definition) is 4. The van der Waals surface area contributed by atoms with Crippen molar-refractivity contribution >= 4 is 40.4 Å². The average Bonchev–Trinajstić information content (AvgIpc) is 2.89. The predicted molar refractivity (Wildman–Crippen MR) is 150 cm³/mol. The van der Waals surface area contributed by atoms with Gasteiger partial charge in [-0.1, -0.05) is 54.1 Å². The molecule has 1 aromatic heterocycles. The van der Waals surface area contributed by atoms with E-state index in [0.29, 0.717) is 35.3 Å². The van der Waals surface area contributed by atoms with Crippen LogP contribution in [0.3, 0.4) is 0 Å². The molecule has 37 heavy (non-hydrogen) atoms. The van der Waals surface area contributed by atoms with Crippen LogP contribution in [0.1, 0.15) is 37.4 Å². The smallest absolute Gasteiger partial charge is 0.261 e. The Bertz CT molecular complexity index is 1390. The topological polar surface area (TPSA) is 70.5 Å². The van der Waals surface area contributed by atoms with Gasteiger partial charge in [0.25, 0.3) is 11.8 Å². The summed E-state index contributed by atoms with van der Waals surface area (Å²) in [6.07, 6.45) is 8.36. The van der Waals surface area contributed by atoms with Gasteiger partial charge in [0.05, 0.1) is 0 Å². The maximum Gasteiger partial charge on any atom is 0.261 e. The summed E-state index contributed by atoms with van der Waals surface area (Å²) in [6, 6.07) is 21.6. The van der Waals surface area contributed by atoms with Crippen LogP contribution < -0.4 is 10.3 Å². The third kappa shape index (κ3) is 5.93. The van der Waals surface area contributed by atoms with Crippen molar-refractivity contribution in [1.29, 1.82) is 0 Å². The predicted octanol–water partition coefficient (Wildman–Crippen LogP) is 4.57. The van der Waals surface area contributed by atoms with Crippen LogP contribution in [0.2, 0.25) is 0 Å². The van der Waals surface area contributed by atoms with Crippen molar-refractivity contribution in [2.75, 3.05) is 32.9 Å². The Morgan fingerprint density at radius 1 is 0.838 bits per heavy atom. The molecule has 5 rings (SSSR count). The first-order chi connectivity index (χ1) is 17.7. The molecule has 6 heteroatoms. The highest BCUT2D eigenvalue weighted by Crippen LogP contribution is 2.33. The number of carbonyl (C=O) groups is 2. The number of likely N-dealkylation sites (N-methyl/N-ethyl adjacent to an activating group) is 1. The fraction of sp³-hybridized carbons (Fsp3) is 0.194. The van der Waals surface area contributed by atoms with Crippen LogP contribution in [0.25, 0.3) is 22.9 Å². The second-order valence-electron chi connectivity index (χ2n) is 9.54. The summed E-state index contributed by atoms with van der Waals surface area (Å²) in [5.74, 6) is -0.490. The van der Waals surface area contributed by atoms with Gasteiger partial charge in [0.15, 0.2) is 12.4 Å². The fourth-order valence-corrected chi connectivity index (χ4v) is 4.17. The van der Waals surface area contributed by atoms with E-state index in [1.807, 2.05) is 36.7 Å². The highest BCUT2D eigenvalue weighted by molar-refractivity contribution is 6.26. The minimum Gasteiger partial charge on any atom is -0.398 e. The highest BCUT2D eigenvalue weighted by atomic mass is 16.2. The summed E-state index contributed by atoms with van der Waals surface area (Å²) >= 11 is 0. The average molecular weight is 494 g/mol. The molecule has 1 aliphatic rings. The third-order valence-corrected chi connectivity index (χ3v) is 6.35. The minimum absolute atomic E-state index is 0.245. The number of carbonyl (C=O) groups excluding carboxylic acids is 2. The number of aromatic nitrogens is 1. The van der Waals surface area contributed by atoms with Crippen LogP contribution in [-0.4, -0.2) is 48.8 Å². The number of aryl methyl sites for hydroxylation is 2. The molecule has 188 valence electrons. The molecule has 4 aromatic rings. The van der Waals surface area contributed by atoms with Gasteiger partial charge in [-0.25, -0.2) is 4.57 Å². The summed E-state index contributed by atoms with van der Waals surface area (Å²) in [5.41, 5.74) is 11.4. The van der Waals surface area contributed by atoms with Crippen molar-refractivity contribution in [3.63, 3.8) is 0 Å². The lowest BCUT2D eigenvalue weighted by molar-refractivity contribution is -0.671. The van der Waals surface area contributed by atoms with Crippen molar-refractivity contribution < 1.29 is 14.2 Å². The number of nitrogens with two attached hydrogens (primary N) is 1. The summed E-state index contributed by atoms with van der Waals surface area (Å²) in [4.78, 5) is 28.4. The summed E-state index contributed by atoms with van der Waals surface area (Å²) in [7, 11) is 5.84. The van der Waals surface area contributed by atoms with Crippen LogP contribution in [-0.2, 0) is 7.05 Å². The molecule has 0 spiro atoms. The van der Waals surface area contributed by atoms with Gasteiger partial charge in [-0.2, -0.15) is 0 Å². The van der Waals surface area contributed by atoms with Gasteiger partial charge >= 0.3 is 0 Å². The number of rotatable bonds is 5. The van der Waals surface area contributed by atoms with E-state index in [-0.39, 0.29) is 11.8 Å².